The highest BCUT2D eigenvalue weighted by Crippen LogP contribution is 2.26. The Bertz CT molecular complexity index is 1170. The number of benzene rings is 2. The number of carbonyl (C=O) groups excluding carboxylic acids is 1. The van der Waals surface area contributed by atoms with E-state index in [1.54, 1.807) is 36.4 Å². The highest BCUT2D eigenvalue weighted by Gasteiger charge is 2.25. The molecular formula is C24H24ClN5O3. The predicted octanol–water partition coefficient (Wildman–Crippen LogP) is 4.21. The number of non-ortho nitro benzene ring substituents is 1. The average Bonchev–Trinajstić information content (AvgIpc) is 2.81. The maximum Gasteiger partial charge on any atom is 0.269 e. The number of nitro benzene ring substituents is 1. The van der Waals surface area contributed by atoms with Crippen LogP contribution in [0.3, 0.4) is 0 Å². The van der Waals surface area contributed by atoms with Gasteiger partial charge in [-0.2, -0.15) is 0 Å². The van der Waals surface area contributed by atoms with E-state index in [1.165, 1.54) is 12.1 Å². The van der Waals surface area contributed by atoms with Crippen LogP contribution in [0.2, 0.25) is 5.02 Å². The van der Waals surface area contributed by atoms with E-state index in [9.17, 15) is 14.9 Å². The monoisotopic (exact) mass is 465 g/mol. The molecule has 0 atom stereocenters. The smallest absolute Gasteiger partial charge is 0.269 e. The van der Waals surface area contributed by atoms with Gasteiger partial charge in [-0.3, -0.25) is 14.9 Å². The van der Waals surface area contributed by atoms with E-state index < -0.39 is 4.92 Å². The van der Waals surface area contributed by atoms with Crippen molar-refractivity contribution in [3.63, 3.8) is 0 Å². The quantitative estimate of drug-likeness (QED) is 0.414. The zero-order valence-electron chi connectivity index (χ0n) is 18.5. The van der Waals surface area contributed by atoms with Crippen LogP contribution in [0.5, 0.6) is 0 Å². The highest BCUT2D eigenvalue weighted by atomic mass is 35.5. The Morgan fingerprint density at radius 2 is 1.64 bits per heavy atom. The van der Waals surface area contributed by atoms with E-state index in [0.717, 1.165) is 22.6 Å². The van der Waals surface area contributed by atoms with Gasteiger partial charge in [0.25, 0.3) is 11.6 Å². The summed E-state index contributed by atoms with van der Waals surface area (Å²) < 4.78 is 0. The fourth-order valence-electron chi connectivity index (χ4n) is 4.02. The van der Waals surface area contributed by atoms with Crippen LogP contribution in [0.1, 0.15) is 33.0 Å². The predicted molar refractivity (Wildman–Crippen MR) is 127 cm³/mol. The molecular weight excluding hydrogens is 442 g/mol. The third-order valence-corrected chi connectivity index (χ3v) is 6.04. The molecule has 4 rings (SSSR count). The summed E-state index contributed by atoms with van der Waals surface area (Å²) in [5.41, 5.74) is 3.52. The molecule has 0 spiro atoms. The molecule has 9 heteroatoms. The lowest BCUT2D eigenvalue weighted by atomic mass is 10.0. The molecule has 0 aliphatic carbocycles. The second-order valence-electron chi connectivity index (χ2n) is 8.04. The maximum atomic E-state index is 12.8. The number of piperazine rings is 1. The minimum Gasteiger partial charge on any atom is -0.353 e. The van der Waals surface area contributed by atoms with Gasteiger partial charge in [-0.05, 0) is 43.7 Å². The van der Waals surface area contributed by atoms with Crippen molar-refractivity contribution in [3.8, 4) is 0 Å². The Hall–Kier alpha value is -3.52. The number of nitro groups is 1. The summed E-state index contributed by atoms with van der Waals surface area (Å²) >= 11 is 5.94. The van der Waals surface area contributed by atoms with Crippen molar-refractivity contribution in [2.45, 2.75) is 20.3 Å². The van der Waals surface area contributed by atoms with Gasteiger partial charge in [-0.15, -0.1) is 0 Å². The third kappa shape index (κ3) is 5.12. The third-order valence-electron chi connectivity index (χ3n) is 5.79. The summed E-state index contributed by atoms with van der Waals surface area (Å²) in [6.07, 6.45) is 0.573. The van der Waals surface area contributed by atoms with Crippen molar-refractivity contribution in [2.75, 3.05) is 31.1 Å². The molecule has 2 heterocycles. The summed E-state index contributed by atoms with van der Waals surface area (Å²) in [6.45, 7) is 6.30. The topological polar surface area (TPSA) is 92.5 Å². The van der Waals surface area contributed by atoms with Crippen LogP contribution in [-0.2, 0) is 6.42 Å². The molecule has 3 aromatic rings. The fraction of sp³-hybridized carbons (Fsp3) is 0.292. The highest BCUT2D eigenvalue weighted by molar-refractivity contribution is 6.30. The van der Waals surface area contributed by atoms with Gasteiger partial charge in [0, 0.05) is 66.6 Å². The average molecular weight is 466 g/mol. The number of aryl methyl sites for hydroxylation is 2. The van der Waals surface area contributed by atoms with Gasteiger partial charge in [-0.1, -0.05) is 23.7 Å². The van der Waals surface area contributed by atoms with Gasteiger partial charge in [0.15, 0.2) is 0 Å². The summed E-state index contributed by atoms with van der Waals surface area (Å²) in [7, 11) is 0. The van der Waals surface area contributed by atoms with Gasteiger partial charge in [0.1, 0.15) is 11.6 Å². The standard InChI is InChI=1S/C24H24ClN5O3/c1-16-22(15-18-3-9-21(10-4-18)30(32)33)23(27-17(2)26-16)28-11-13-29(14-12-28)24(31)19-5-7-20(25)8-6-19/h3-10H,11-15H2,1-2H3. The summed E-state index contributed by atoms with van der Waals surface area (Å²) in [5.74, 6) is 1.54. The van der Waals surface area contributed by atoms with Gasteiger partial charge < -0.3 is 9.80 Å². The van der Waals surface area contributed by atoms with Crippen molar-refractivity contribution >= 4 is 29.0 Å². The van der Waals surface area contributed by atoms with E-state index >= 15 is 0 Å². The Morgan fingerprint density at radius 1 is 1.00 bits per heavy atom. The molecule has 1 fully saturated rings. The Labute approximate surface area is 197 Å². The van der Waals surface area contributed by atoms with Crippen LogP contribution in [0.4, 0.5) is 11.5 Å². The lowest BCUT2D eigenvalue weighted by molar-refractivity contribution is -0.384. The Morgan fingerprint density at radius 3 is 2.24 bits per heavy atom. The lowest BCUT2D eigenvalue weighted by Crippen LogP contribution is -2.49. The van der Waals surface area contributed by atoms with E-state index in [-0.39, 0.29) is 11.6 Å². The number of hydrogen-bond donors (Lipinski definition) is 0. The second-order valence-corrected chi connectivity index (χ2v) is 8.48. The van der Waals surface area contributed by atoms with Crippen LogP contribution in [0.15, 0.2) is 48.5 Å². The van der Waals surface area contributed by atoms with Crippen molar-refractivity contribution < 1.29 is 9.72 Å². The van der Waals surface area contributed by atoms with Crippen LogP contribution in [0.25, 0.3) is 0 Å². The zero-order chi connectivity index (χ0) is 23.5. The van der Waals surface area contributed by atoms with Crippen LogP contribution in [-0.4, -0.2) is 51.9 Å². The number of nitrogens with zero attached hydrogens (tertiary/aromatic N) is 5. The maximum absolute atomic E-state index is 12.8. The molecule has 1 amide bonds. The summed E-state index contributed by atoms with van der Waals surface area (Å²) in [6, 6.07) is 13.5. The lowest BCUT2D eigenvalue weighted by Gasteiger charge is -2.36. The molecule has 0 saturated carbocycles. The molecule has 8 nitrogen and oxygen atoms in total. The van der Waals surface area contributed by atoms with Gasteiger partial charge in [0.05, 0.1) is 4.92 Å². The van der Waals surface area contributed by atoms with Crippen LogP contribution < -0.4 is 4.90 Å². The zero-order valence-corrected chi connectivity index (χ0v) is 19.2. The number of halogens is 1. The largest absolute Gasteiger partial charge is 0.353 e. The van der Waals surface area contributed by atoms with Crippen molar-refractivity contribution in [1.29, 1.82) is 0 Å². The normalized spacial score (nSPS) is 13.8. The number of carbonyl (C=O) groups is 1. The second kappa shape index (κ2) is 9.54. The summed E-state index contributed by atoms with van der Waals surface area (Å²) in [4.78, 5) is 36.7. The number of hydrogen-bond acceptors (Lipinski definition) is 6. The van der Waals surface area contributed by atoms with E-state index in [4.69, 9.17) is 16.6 Å². The first-order chi connectivity index (χ1) is 15.8. The fourth-order valence-corrected chi connectivity index (χ4v) is 4.15. The molecule has 170 valence electrons. The first-order valence-corrected chi connectivity index (χ1v) is 11.1. The minimum atomic E-state index is -0.403. The van der Waals surface area contributed by atoms with E-state index in [1.807, 2.05) is 18.7 Å². The Kier molecular flexibility index (Phi) is 6.55. The number of aromatic nitrogens is 2. The van der Waals surface area contributed by atoms with E-state index in [2.05, 4.69) is 9.88 Å². The molecule has 33 heavy (non-hydrogen) atoms. The number of rotatable bonds is 5. The van der Waals surface area contributed by atoms with Crippen molar-refractivity contribution in [3.05, 3.63) is 91.9 Å². The van der Waals surface area contributed by atoms with Crippen LogP contribution >= 0.6 is 11.6 Å². The number of amides is 1. The summed E-state index contributed by atoms with van der Waals surface area (Å²) in [5, 5.41) is 11.6. The molecule has 1 aliphatic heterocycles. The van der Waals surface area contributed by atoms with Gasteiger partial charge in [-0.25, -0.2) is 9.97 Å². The minimum absolute atomic E-state index is 0.00697. The molecule has 0 N–H and O–H groups in total. The molecule has 0 radical (unpaired) electrons. The van der Waals surface area contributed by atoms with E-state index in [0.29, 0.717) is 49.0 Å². The molecule has 2 aromatic carbocycles. The first-order valence-electron chi connectivity index (χ1n) is 10.7. The van der Waals surface area contributed by atoms with Crippen molar-refractivity contribution in [1.82, 2.24) is 14.9 Å². The SMILES string of the molecule is Cc1nc(C)c(Cc2ccc([N+](=O)[O-])cc2)c(N2CCN(C(=O)c3ccc(Cl)cc3)CC2)n1. The first kappa shape index (κ1) is 22.7. The molecule has 1 aliphatic rings. The molecule has 0 unspecified atom stereocenters. The van der Waals surface area contributed by atoms with Gasteiger partial charge in [0.2, 0.25) is 0 Å². The molecule has 1 saturated heterocycles. The Balaban J connectivity index is 1.51. The molecule has 0 bridgehead atoms. The number of anilines is 1. The van der Waals surface area contributed by atoms with Gasteiger partial charge >= 0.3 is 0 Å². The van der Waals surface area contributed by atoms with Crippen LogP contribution in [0, 0.1) is 24.0 Å². The molecule has 1 aromatic heterocycles. The van der Waals surface area contributed by atoms with Crippen molar-refractivity contribution in [2.24, 2.45) is 0 Å².